The Balaban J connectivity index is -0.0000000910. The van der Waals surface area contributed by atoms with Crippen LogP contribution >= 0.6 is 0 Å². The van der Waals surface area contributed by atoms with Crippen molar-refractivity contribution in [3.63, 3.8) is 0 Å². The topological polar surface area (TPSA) is 74.6 Å². The van der Waals surface area contributed by atoms with Gasteiger partial charge in [0.1, 0.15) is 0 Å². The summed E-state index contributed by atoms with van der Waals surface area (Å²) in [4.78, 5) is 0. The van der Waals surface area contributed by atoms with Gasteiger partial charge in [-0.15, -0.1) is 0 Å². The van der Waals surface area contributed by atoms with Crippen molar-refractivity contribution in [3.8, 4) is 0 Å². The predicted molar refractivity (Wildman–Crippen MR) is 24.7 cm³/mol. The van der Waals surface area contributed by atoms with E-state index in [1.165, 1.54) is 0 Å². The van der Waals surface area contributed by atoms with E-state index in [1.54, 1.807) is 0 Å². The normalized spacial score (nSPS) is 10.3. The molecule has 0 aromatic rings. The predicted octanol–water partition coefficient (Wildman–Crippen LogP) is -0.0432. The van der Waals surface area contributed by atoms with Crippen LogP contribution in [-0.2, 0) is 25.4 Å². The van der Waals surface area contributed by atoms with Crippen LogP contribution in [0.25, 0.3) is 0 Å². The van der Waals surface area contributed by atoms with E-state index in [0.29, 0.717) is 0 Å². The third kappa shape index (κ3) is 905. The molecule has 0 amide bonds. The minimum atomic E-state index is -4.67. The Morgan fingerprint density at radius 2 is 1.10 bits per heavy atom. The average molecular weight is 222 g/mol. The van der Waals surface area contributed by atoms with E-state index in [-0.39, 0.29) is 18.9 Å². The van der Waals surface area contributed by atoms with Gasteiger partial charge < -0.3 is 0 Å². The Morgan fingerprint density at radius 1 is 1.10 bits per heavy atom. The van der Waals surface area contributed by atoms with Crippen LogP contribution in [0, 0.1) is 0 Å². The third-order valence-electron chi connectivity index (χ3n) is 0. The van der Waals surface area contributed by atoms with Gasteiger partial charge in [-0.25, -0.2) is 0 Å². The molecule has 0 saturated heterocycles. The Hall–Kier alpha value is 0.764. The molecule has 0 saturated carbocycles. The fraction of sp³-hybridized carbons (Fsp3) is 0. The second kappa shape index (κ2) is 7.87. The van der Waals surface area contributed by atoms with Crippen LogP contribution in [0.2, 0.25) is 0 Å². The number of hydrogen-bond acceptors (Lipinski definition) is 2. The first-order valence-corrected chi connectivity index (χ1v) is 3.65. The van der Waals surface area contributed by atoms with E-state index in [0.717, 1.165) is 0 Å². The van der Waals surface area contributed by atoms with E-state index in [2.05, 4.69) is 0 Å². The molecule has 0 spiro atoms. The summed E-state index contributed by atoms with van der Waals surface area (Å²) in [5.41, 5.74) is 0. The van der Waals surface area contributed by atoms with Crippen molar-refractivity contribution in [2.24, 2.45) is 0 Å². The molecule has 4 nitrogen and oxygen atoms in total. The summed E-state index contributed by atoms with van der Waals surface area (Å²) < 4.78 is 60.8. The van der Waals surface area contributed by atoms with Crippen LogP contribution in [0.15, 0.2) is 0 Å². The molecule has 0 fully saturated rings. The quantitative estimate of drug-likeness (QED) is 0.445. The first-order chi connectivity index (χ1) is 3.73. The molecule has 0 atom stereocenters. The molecule has 64 valence electrons. The molecular formula is H3CoF3LiO4S. The zero-order valence-corrected chi connectivity index (χ0v) is 5.44. The SMILES string of the molecule is O=S(=O)(O)O.[F][Co]([F])[F].[LiH]. The molecule has 0 radical (unpaired) electrons. The van der Waals surface area contributed by atoms with Crippen molar-refractivity contribution < 1.29 is 43.3 Å². The standard InChI is InChI=1S/Co.3FH.Li.H2O4S.H/c;;;;;1-5(2,3)4;/h;3*1H;;(H2,1,2,3,4);/q+3;;;;;;/p-3. The minimum absolute atomic E-state index is 0. The molecule has 0 aliphatic heterocycles. The summed E-state index contributed by atoms with van der Waals surface area (Å²) >= 11 is -4.10. The Labute approximate surface area is 72.7 Å². The molecule has 0 aliphatic rings. The van der Waals surface area contributed by atoms with Gasteiger partial charge in [-0.05, 0) is 0 Å². The molecule has 2 N–H and O–H groups in total. The molecule has 0 aromatic carbocycles. The maximum absolute atomic E-state index is 9.73. The van der Waals surface area contributed by atoms with Gasteiger partial charge >= 0.3 is 55.0 Å². The zero-order chi connectivity index (χ0) is 8.08. The molecule has 0 rings (SSSR count). The second-order valence-corrected chi connectivity index (χ2v) is 1.93. The first kappa shape index (κ1) is 17.0. The van der Waals surface area contributed by atoms with Crippen molar-refractivity contribution in [2.75, 3.05) is 0 Å². The van der Waals surface area contributed by atoms with Gasteiger partial charge in [0, 0.05) is 0 Å². The summed E-state index contributed by atoms with van der Waals surface area (Å²) in [6.07, 6.45) is 0. The van der Waals surface area contributed by atoms with Crippen LogP contribution in [-0.4, -0.2) is 36.4 Å². The molecule has 0 bridgehead atoms. The van der Waals surface area contributed by atoms with E-state index in [4.69, 9.17) is 17.5 Å². The Morgan fingerprint density at radius 3 is 1.10 bits per heavy atom. The molecule has 10 heavy (non-hydrogen) atoms. The molecule has 0 unspecified atom stereocenters. The van der Waals surface area contributed by atoms with E-state index >= 15 is 0 Å². The number of halogens is 3. The van der Waals surface area contributed by atoms with Crippen LogP contribution in [0.3, 0.4) is 0 Å². The van der Waals surface area contributed by atoms with Gasteiger partial charge in [-0.1, -0.05) is 0 Å². The summed E-state index contributed by atoms with van der Waals surface area (Å²) in [5, 5.41) is 0. The van der Waals surface area contributed by atoms with Crippen molar-refractivity contribution >= 4 is 29.3 Å². The van der Waals surface area contributed by atoms with Crippen molar-refractivity contribution in [2.45, 2.75) is 0 Å². The van der Waals surface area contributed by atoms with Gasteiger partial charge in [0.05, 0.1) is 0 Å². The summed E-state index contributed by atoms with van der Waals surface area (Å²) in [5.74, 6) is 0. The van der Waals surface area contributed by atoms with E-state index in [1.807, 2.05) is 0 Å². The van der Waals surface area contributed by atoms with Crippen molar-refractivity contribution in [1.29, 1.82) is 0 Å². The fourth-order valence-corrected chi connectivity index (χ4v) is 0. The summed E-state index contributed by atoms with van der Waals surface area (Å²) in [7, 11) is -4.67. The first-order valence-electron chi connectivity index (χ1n) is 1.08. The summed E-state index contributed by atoms with van der Waals surface area (Å²) in [6, 6.07) is 0. The Bertz CT molecular complexity index is 132. The molecular weight excluding hydrogens is 219 g/mol. The van der Waals surface area contributed by atoms with Gasteiger partial charge in [0.25, 0.3) is 0 Å². The molecule has 0 heterocycles. The van der Waals surface area contributed by atoms with Gasteiger partial charge in [0.2, 0.25) is 0 Å². The maximum atomic E-state index is 9.73. The Kier molecular flexibility index (Phi) is 13.4. The molecule has 0 aliphatic carbocycles. The van der Waals surface area contributed by atoms with Crippen LogP contribution in [0.1, 0.15) is 0 Å². The molecule has 10 heteroatoms. The van der Waals surface area contributed by atoms with Crippen molar-refractivity contribution in [3.05, 3.63) is 0 Å². The van der Waals surface area contributed by atoms with Crippen molar-refractivity contribution in [1.82, 2.24) is 0 Å². The molecule has 0 aromatic heterocycles. The van der Waals surface area contributed by atoms with Crippen LogP contribution in [0.4, 0.5) is 10.7 Å². The average Bonchev–Trinajstić information content (AvgIpc) is 1.19. The van der Waals surface area contributed by atoms with E-state index in [9.17, 15) is 10.7 Å². The number of rotatable bonds is 0. The monoisotopic (exact) mass is 222 g/mol. The number of hydrogen-bond donors (Lipinski definition) is 2. The summed E-state index contributed by atoms with van der Waals surface area (Å²) in [6.45, 7) is 0. The van der Waals surface area contributed by atoms with Gasteiger partial charge in [0.15, 0.2) is 0 Å². The fourth-order valence-electron chi connectivity index (χ4n) is 0. The van der Waals surface area contributed by atoms with Crippen LogP contribution < -0.4 is 0 Å². The third-order valence-corrected chi connectivity index (χ3v) is 0. The second-order valence-electron chi connectivity index (χ2n) is 0.591. The van der Waals surface area contributed by atoms with Gasteiger partial charge in [-0.3, -0.25) is 9.11 Å². The van der Waals surface area contributed by atoms with Gasteiger partial charge in [-0.2, -0.15) is 8.42 Å². The van der Waals surface area contributed by atoms with Crippen LogP contribution in [0.5, 0.6) is 0 Å². The van der Waals surface area contributed by atoms with E-state index < -0.39 is 25.4 Å². The zero-order valence-electron chi connectivity index (χ0n) is 3.59.